The Morgan fingerprint density at radius 1 is 0.297 bits per heavy atom. The molecule has 0 atom stereocenters. The molecule has 2 nitrogen and oxygen atoms in total. The zero-order valence-electron chi connectivity index (χ0n) is 26.5. The van der Waals surface area contributed by atoms with Gasteiger partial charge in [0.15, 0.2) is 0 Å². The molecule has 0 radical (unpaired) electrons. The Labute approximate surface area is 237 Å². The molecular weight excluding hydrogens is 468 g/mol. The summed E-state index contributed by atoms with van der Waals surface area (Å²) >= 11 is 0. The van der Waals surface area contributed by atoms with Crippen molar-refractivity contribution >= 4 is 8.56 Å². The van der Waals surface area contributed by atoms with Crippen LogP contribution in [0.25, 0.3) is 0 Å². The maximum atomic E-state index is 6.03. The number of hydrogen-bond acceptors (Lipinski definition) is 2. The van der Waals surface area contributed by atoms with E-state index >= 15 is 0 Å². The van der Waals surface area contributed by atoms with Crippen LogP contribution in [0.3, 0.4) is 0 Å². The Morgan fingerprint density at radius 2 is 0.486 bits per heavy atom. The molecule has 3 heteroatoms. The van der Waals surface area contributed by atoms with Crippen molar-refractivity contribution in [3.05, 3.63) is 0 Å². The summed E-state index contributed by atoms with van der Waals surface area (Å²) in [7, 11) is 1.86. The molecule has 0 aliphatic rings. The van der Waals surface area contributed by atoms with Gasteiger partial charge in [-0.25, -0.2) is 0 Å². The van der Waals surface area contributed by atoms with Crippen LogP contribution in [0.1, 0.15) is 194 Å². The fourth-order valence-corrected chi connectivity index (χ4v) is 8.60. The van der Waals surface area contributed by atoms with E-state index in [0.29, 0.717) is 0 Å². The number of unbranched alkanes of at least 4 members (excludes halogenated alkanes) is 26. The second-order valence-electron chi connectivity index (χ2n) is 12.0. The minimum atomic E-state index is -1.95. The van der Waals surface area contributed by atoms with Crippen molar-refractivity contribution in [3.8, 4) is 0 Å². The van der Waals surface area contributed by atoms with Crippen LogP contribution in [-0.4, -0.2) is 22.8 Å². The molecule has 0 fully saturated rings. The van der Waals surface area contributed by atoms with Crippen LogP contribution in [0, 0.1) is 0 Å². The molecule has 0 saturated heterocycles. The molecule has 0 aliphatic carbocycles. The molecule has 0 spiro atoms. The van der Waals surface area contributed by atoms with Gasteiger partial charge in [-0.2, -0.15) is 0 Å². The standard InChI is InChI=1S/C34H72O2Si/c1-5-7-9-11-13-15-17-19-20-21-22-24-26-28-30-32-34-37(35-3,36-4)33-31-29-27-25-23-18-16-14-12-10-8-6-2/h5-34H2,1-4H3. The maximum absolute atomic E-state index is 6.03. The molecule has 0 aromatic carbocycles. The normalized spacial score (nSPS) is 12.0. The lowest BCUT2D eigenvalue weighted by Crippen LogP contribution is -2.39. The van der Waals surface area contributed by atoms with Crippen LogP contribution < -0.4 is 0 Å². The molecule has 224 valence electrons. The summed E-state index contributed by atoms with van der Waals surface area (Å²) in [6.07, 6.45) is 39.8. The largest absolute Gasteiger partial charge is 0.398 e. The van der Waals surface area contributed by atoms with Crippen molar-refractivity contribution in [1.82, 2.24) is 0 Å². The summed E-state index contributed by atoms with van der Waals surface area (Å²) in [5.74, 6) is 0. The van der Waals surface area contributed by atoms with Gasteiger partial charge in [0.1, 0.15) is 0 Å². The quantitative estimate of drug-likeness (QED) is 0.0623. The van der Waals surface area contributed by atoms with Gasteiger partial charge in [0.2, 0.25) is 0 Å². The zero-order chi connectivity index (χ0) is 27.1. The monoisotopic (exact) mass is 541 g/mol. The third kappa shape index (κ3) is 26.1. The molecule has 0 saturated carbocycles. The Bertz CT molecular complexity index is 411. The molecule has 37 heavy (non-hydrogen) atoms. The Kier molecular flexibility index (Phi) is 30.8. The average molecular weight is 541 g/mol. The van der Waals surface area contributed by atoms with Gasteiger partial charge in [-0.3, -0.25) is 0 Å². The van der Waals surface area contributed by atoms with Crippen molar-refractivity contribution in [2.45, 2.75) is 206 Å². The van der Waals surface area contributed by atoms with Gasteiger partial charge in [0, 0.05) is 14.2 Å². The van der Waals surface area contributed by atoms with E-state index in [1.165, 1.54) is 192 Å². The maximum Gasteiger partial charge on any atom is 0.337 e. The highest BCUT2D eigenvalue weighted by atomic mass is 28.4. The van der Waals surface area contributed by atoms with Crippen molar-refractivity contribution < 1.29 is 8.85 Å². The fraction of sp³-hybridized carbons (Fsp3) is 1.00. The first-order valence-electron chi connectivity index (χ1n) is 17.3. The molecular formula is C34H72O2Si. The van der Waals surface area contributed by atoms with Crippen molar-refractivity contribution in [1.29, 1.82) is 0 Å². The van der Waals surface area contributed by atoms with Gasteiger partial charge in [-0.05, 0) is 12.1 Å². The van der Waals surface area contributed by atoms with Gasteiger partial charge < -0.3 is 8.85 Å². The highest BCUT2D eigenvalue weighted by Crippen LogP contribution is 2.25. The smallest absolute Gasteiger partial charge is 0.337 e. The lowest BCUT2D eigenvalue weighted by molar-refractivity contribution is 0.238. The lowest BCUT2D eigenvalue weighted by atomic mass is 10.0. The summed E-state index contributed by atoms with van der Waals surface area (Å²) in [6, 6.07) is 2.38. The minimum Gasteiger partial charge on any atom is -0.398 e. The Morgan fingerprint density at radius 3 is 0.676 bits per heavy atom. The van der Waals surface area contributed by atoms with Gasteiger partial charge in [-0.15, -0.1) is 0 Å². The van der Waals surface area contributed by atoms with E-state index in [1.54, 1.807) is 0 Å². The molecule has 0 heterocycles. The summed E-state index contributed by atoms with van der Waals surface area (Å²) < 4.78 is 12.1. The average Bonchev–Trinajstić information content (AvgIpc) is 2.92. The second-order valence-corrected chi connectivity index (χ2v) is 15.6. The summed E-state index contributed by atoms with van der Waals surface area (Å²) in [6.45, 7) is 4.60. The van der Waals surface area contributed by atoms with Crippen LogP contribution in [0.15, 0.2) is 0 Å². The number of hydrogen-bond donors (Lipinski definition) is 0. The van der Waals surface area contributed by atoms with E-state index in [-0.39, 0.29) is 0 Å². The molecule has 0 N–H and O–H groups in total. The van der Waals surface area contributed by atoms with Crippen molar-refractivity contribution in [2.75, 3.05) is 14.2 Å². The van der Waals surface area contributed by atoms with Gasteiger partial charge in [0.25, 0.3) is 0 Å². The van der Waals surface area contributed by atoms with E-state index in [0.717, 1.165) is 0 Å². The van der Waals surface area contributed by atoms with Crippen LogP contribution in [-0.2, 0) is 8.85 Å². The zero-order valence-corrected chi connectivity index (χ0v) is 27.5. The highest BCUT2D eigenvalue weighted by Gasteiger charge is 2.33. The van der Waals surface area contributed by atoms with Gasteiger partial charge >= 0.3 is 8.56 Å². The summed E-state index contributed by atoms with van der Waals surface area (Å²) in [4.78, 5) is 0. The summed E-state index contributed by atoms with van der Waals surface area (Å²) in [5.41, 5.74) is 0. The predicted molar refractivity (Wildman–Crippen MR) is 170 cm³/mol. The first kappa shape index (κ1) is 37.1. The van der Waals surface area contributed by atoms with Gasteiger partial charge in [0.05, 0.1) is 0 Å². The van der Waals surface area contributed by atoms with E-state index in [2.05, 4.69) is 13.8 Å². The number of rotatable bonds is 32. The SMILES string of the molecule is CCCCCCCCCCCCCCCCCC[Si](CCCCCCCCCCCCCC)(OC)OC. The topological polar surface area (TPSA) is 18.5 Å². The second kappa shape index (κ2) is 30.7. The first-order chi connectivity index (χ1) is 18.2. The third-order valence-corrected chi connectivity index (χ3v) is 12.3. The van der Waals surface area contributed by atoms with Crippen LogP contribution in [0.2, 0.25) is 12.1 Å². The molecule has 0 aliphatic heterocycles. The van der Waals surface area contributed by atoms with E-state index in [9.17, 15) is 0 Å². The molecule has 0 aromatic rings. The fourth-order valence-electron chi connectivity index (χ4n) is 5.79. The molecule has 0 unspecified atom stereocenters. The molecule has 0 rings (SSSR count). The first-order valence-corrected chi connectivity index (χ1v) is 19.6. The van der Waals surface area contributed by atoms with E-state index in [4.69, 9.17) is 8.85 Å². The Balaban J connectivity index is 3.53. The predicted octanol–water partition coefficient (Wildman–Crippen LogP) is 12.7. The van der Waals surface area contributed by atoms with Gasteiger partial charge in [-0.1, -0.05) is 194 Å². The lowest BCUT2D eigenvalue weighted by Gasteiger charge is -2.27. The van der Waals surface area contributed by atoms with Crippen LogP contribution >= 0.6 is 0 Å². The van der Waals surface area contributed by atoms with Crippen molar-refractivity contribution in [3.63, 3.8) is 0 Å². The van der Waals surface area contributed by atoms with E-state index < -0.39 is 8.56 Å². The van der Waals surface area contributed by atoms with E-state index in [1.807, 2.05) is 14.2 Å². The molecule has 0 aromatic heterocycles. The highest BCUT2D eigenvalue weighted by molar-refractivity contribution is 6.67. The Hall–Kier alpha value is 0.137. The van der Waals surface area contributed by atoms with Crippen LogP contribution in [0.4, 0.5) is 0 Å². The third-order valence-electron chi connectivity index (χ3n) is 8.57. The molecule has 0 bridgehead atoms. The van der Waals surface area contributed by atoms with Crippen LogP contribution in [0.5, 0.6) is 0 Å². The van der Waals surface area contributed by atoms with Crippen molar-refractivity contribution in [2.24, 2.45) is 0 Å². The molecule has 0 amide bonds. The summed E-state index contributed by atoms with van der Waals surface area (Å²) in [5, 5.41) is 0. The minimum absolute atomic E-state index is 1.19.